The maximum Gasteiger partial charge on any atom is 0.273 e. The standard InChI is InChI=1S/C25H31N5O6S/c1-7-25(3,4)28-23(32)20(16-11-8-13(2)36-16)30(15-10-9-14(34-5)12-17(15)35-6)24(33)21-18(26)19(22(27)31)29-37-21/h8-12,20H,7,26H2,1-6H3,(H2,27,31)(H,28,32)/t20-/m0/s1. The molecule has 1 aromatic carbocycles. The van der Waals surface area contributed by atoms with E-state index in [4.69, 9.17) is 25.4 Å². The van der Waals surface area contributed by atoms with E-state index in [0.29, 0.717) is 29.5 Å². The van der Waals surface area contributed by atoms with Crippen molar-refractivity contribution in [2.24, 2.45) is 5.73 Å². The van der Waals surface area contributed by atoms with E-state index >= 15 is 0 Å². The number of primary amides is 1. The number of rotatable bonds is 10. The molecule has 3 aromatic rings. The van der Waals surface area contributed by atoms with E-state index in [-0.39, 0.29) is 33.5 Å². The number of carbonyl (C=O) groups excluding carboxylic acids is 3. The maximum atomic E-state index is 14.1. The van der Waals surface area contributed by atoms with Crippen LogP contribution in [-0.2, 0) is 4.79 Å². The number of methoxy groups -OCH3 is 2. The lowest BCUT2D eigenvalue weighted by Gasteiger charge is -2.33. The van der Waals surface area contributed by atoms with Crippen LogP contribution in [0.25, 0.3) is 0 Å². The van der Waals surface area contributed by atoms with E-state index in [0.717, 1.165) is 0 Å². The first-order valence-electron chi connectivity index (χ1n) is 11.4. The third-order valence-electron chi connectivity index (χ3n) is 5.90. The average Bonchev–Trinajstić information content (AvgIpc) is 3.46. The van der Waals surface area contributed by atoms with Gasteiger partial charge in [0.15, 0.2) is 11.7 Å². The fraction of sp³-hybridized carbons (Fsp3) is 0.360. The van der Waals surface area contributed by atoms with Gasteiger partial charge in [0, 0.05) is 11.6 Å². The molecule has 12 heteroatoms. The first-order valence-corrected chi connectivity index (χ1v) is 12.2. The SMILES string of the molecule is CCC(C)(C)NC(=O)[C@H](c1ccc(C)o1)N(C(=O)c1snc(C(N)=O)c1N)c1ccc(OC)cc1OC. The zero-order valence-electron chi connectivity index (χ0n) is 21.6. The molecule has 0 aliphatic carbocycles. The topological polar surface area (TPSA) is 163 Å². The number of carbonyl (C=O) groups is 3. The van der Waals surface area contributed by atoms with E-state index in [9.17, 15) is 14.4 Å². The molecule has 5 N–H and O–H groups in total. The monoisotopic (exact) mass is 529 g/mol. The summed E-state index contributed by atoms with van der Waals surface area (Å²) in [6, 6.07) is 6.84. The minimum atomic E-state index is -1.27. The fourth-order valence-electron chi connectivity index (χ4n) is 3.55. The Balaban J connectivity index is 2.29. The molecule has 198 valence electrons. The van der Waals surface area contributed by atoms with Gasteiger partial charge in [-0.05, 0) is 63.0 Å². The Hall–Kier alpha value is -4.06. The highest BCUT2D eigenvalue weighted by Gasteiger charge is 2.40. The van der Waals surface area contributed by atoms with Crippen LogP contribution >= 0.6 is 11.5 Å². The second kappa shape index (κ2) is 10.9. The normalized spacial score (nSPS) is 12.1. The summed E-state index contributed by atoms with van der Waals surface area (Å²) in [5.74, 6) is -0.580. The third kappa shape index (κ3) is 5.69. The van der Waals surface area contributed by atoms with E-state index in [1.807, 2.05) is 20.8 Å². The van der Waals surface area contributed by atoms with E-state index < -0.39 is 29.3 Å². The minimum absolute atomic E-state index is 0.0671. The van der Waals surface area contributed by atoms with Gasteiger partial charge in [-0.3, -0.25) is 19.3 Å². The van der Waals surface area contributed by atoms with E-state index in [2.05, 4.69) is 9.69 Å². The van der Waals surface area contributed by atoms with E-state index in [1.165, 1.54) is 19.1 Å². The van der Waals surface area contributed by atoms with Crippen LogP contribution in [0.4, 0.5) is 11.4 Å². The summed E-state index contributed by atoms with van der Waals surface area (Å²) in [5.41, 5.74) is 10.7. The molecule has 1 atom stereocenters. The average molecular weight is 530 g/mol. The molecular weight excluding hydrogens is 498 g/mol. The Kier molecular flexibility index (Phi) is 8.12. The predicted octanol–water partition coefficient (Wildman–Crippen LogP) is 3.44. The number of amides is 3. The molecule has 37 heavy (non-hydrogen) atoms. The van der Waals surface area contributed by atoms with Crippen LogP contribution in [0.2, 0.25) is 0 Å². The van der Waals surface area contributed by atoms with Gasteiger partial charge >= 0.3 is 0 Å². The van der Waals surface area contributed by atoms with Crippen molar-refractivity contribution >= 4 is 40.6 Å². The van der Waals surface area contributed by atoms with E-state index in [1.54, 1.807) is 37.3 Å². The summed E-state index contributed by atoms with van der Waals surface area (Å²) in [6.07, 6.45) is 0.631. The molecule has 3 rings (SSSR count). The highest BCUT2D eigenvalue weighted by Crippen LogP contribution is 2.40. The van der Waals surface area contributed by atoms with Crippen molar-refractivity contribution < 1.29 is 28.3 Å². The first kappa shape index (κ1) is 27.5. The molecule has 3 amide bonds. The smallest absolute Gasteiger partial charge is 0.273 e. The van der Waals surface area contributed by atoms with Crippen LogP contribution in [0.3, 0.4) is 0 Å². The van der Waals surface area contributed by atoms with Crippen molar-refractivity contribution in [3.8, 4) is 11.5 Å². The number of hydrogen-bond acceptors (Lipinski definition) is 9. The number of hydrogen-bond donors (Lipinski definition) is 3. The molecule has 2 aromatic heterocycles. The van der Waals surface area contributed by atoms with Crippen molar-refractivity contribution in [3.05, 3.63) is 52.4 Å². The quantitative estimate of drug-likeness (QED) is 0.360. The zero-order valence-corrected chi connectivity index (χ0v) is 22.4. The molecule has 0 spiro atoms. The van der Waals surface area contributed by atoms with Gasteiger partial charge in [0.2, 0.25) is 0 Å². The molecule has 0 saturated carbocycles. The molecule has 0 saturated heterocycles. The number of furan rings is 1. The lowest BCUT2D eigenvalue weighted by Crippen LogP contribution is -2.50. The van der Waals surface area contributed by atoms with Crippen molar-refractivity contribution in [1.29, 1.82) is 0 Å². The fourth-order valence-corrected chi connectivity index (χ4v) is 4.29. The van der Waals surface area contributed by atoms with Crippen LogP contribution < -0.4 is 31.2 Å². The van der Waals surface area contributed by atoms with Crippen LogP contribution in [0, 0.1) is 6.92 Å². The van der Waals surface area contributed by atoms with Crippen molar-refractivity contribution in [3.63, 3.8) is 0 Å². The summed E-state index contributed by atoms with van der Waals surface area (Å²) in [6.45, 7) is 7.41. The Labute approximate surface area is 218 Å². The number of aryl methyl sites for hydroxylation is 1. The molecule has 0 bridgehead atoms. The second-order valence-corrected chi connectivity index (χ2v) is 9.70. The molecule has 2 heterocycles. The van der Waals surface area contributed by atoms with Crippen LogP contribution in [-0.4, -0.2) is 41.9 Å². The zero-order chi connectivity index (χ0) is 27.5. The molecular formula is C25H31N5O6S. The van der Waals surface area contributed by atoms with Crippen molar-refractivity contribution in [2.75, 3.05) is 24.9 Å². The van der Waals surface area contributed by atoms with Gasteiger partial charge in [-0.1, -0.05) is 6.92 Å². The number of nitrogens with one attached hydrogen (secondary N) is 1. The summed E-state index contributed by atoms with van der Waals surface area (Å²) < 4.78 is 20.7. The van der Waals surface area contributed by atoms with Crippen LogP contribution in [0.5, 0.6) is 11.5 Å². The molecule has 0 unspecified atom stereocenters. The van der Waals surface area contributed by atoms with Crippen LogP contribution in [0.1, 0.15) is 64.9 Å². The Morgan fingerprint density at radius 2 is 1.89 bits per heavy atom. The van der Waals surface area contributed by atoms with Gasteiger partial charge < -0.3 is 30.7 Å². The lowest BCUT2D eigenvalue weighted by atomic mass is 10.0. The van der Waals surface area contributed by atoms with Crippen LogP contribution in [0.15, 0.2) is 34.7 Å². The Morgan fingerprint density at radius 1 is 1.19 bits per heavy atom. The number of aromatic nitrogens is 1. The lowest BCUT2D eigenvalue weighted by molar-refractivity contribution is -0.124. The maximum absolute atomic E-state index is 14.1. The molecule has 11 nitrogen and oxygen atoms in total. The number of anilines is 2. The first-order chi connectivity index (χ1) is 17.4. The number of nitrogens with zero attached hydrogens (tertiary/aromatic N) is 2. The summed E-state index contributed by atoms with van der Waals surface area (Å²) in [5, 5.41) is 2.99. The predicted molar refractivity (Wildman–Crippen MR) is 140 cm³/mol. The second-order valence-electron chi connectivity index (χ2n) is 8.93. The summed E-state index contributed by atoms with van der Waals surface area (Å²) in [4.78, 5) is 40.9. The number of ether oxygens (including phenoxy) is 2. The number of nitrogens with two attached hydrogens (primary N) is 2. The Bertz CT molecular complexity index is 1310. The molecule has 0 aliphatic rings. The minimum Gasteiger partial charge on any atom is -0.497 e. The van der Waals surface area contributed by atoms with Gasteiger partial charge in [0.1, 0.15) is 27.9 Å². The highest BCUT2D eigenvalue weighted by atomic mass is 32.1. The van der Waals surface area contributed by atoms with Gasteiger partial charge in [-0.25, -0.2) is 0 Å². The number of nitrogen functional groups attached to an aromatic ring is 1. The van der Waals surface area contributed by atoms with Gasteiger partial charge in [0.05, 0.1) is 25.6 Å². The number of benzene rings is 1. The largest absolute Gasteiger partial charge is 0.497 e. The Morgan fingerprint density at radius 3 is 2.41 bits per heavy atom. The third-order valence-corrected chi connectivity index (χ3v) is 6.75. The van der Waals surface area contributed by atoms with Crippen molar-refractivity contribution in [1.82, 2.24) is 9.69 Å². The molecule has 0 fully saturated rings. The molecule has 0 radical (unpaired) electrons. The summed E-state index contributed by atoms with van der Waals surface area (Å²) in [7, 11) is 2.93. The molecule has 0 aliphatic heterocycles. The highest BCUT2D eigenvalue weighted by molar-refractivity contribution is 7.09. The van der Waals surface area contributed by atoms with Gasteiger partial charge in [-0.15, -0.1) is 0 Å². The van der Waals surface area contributed by atoms with Gasteiger partial charge in [-0.2, -0.15) is 4.37 Å². The summed E-state index contributed by atoms with van der Waals surface area (Å²) >= 11 is 0.709. The van der Waals surface area contributed by atoms with Crippen molar-refractivity contribution in [2.45, 2.75) is 45.7 Å². The van der Waals surface area contributed by atoms with Gasteiger partial charge in [0.25, 0.3) is 17.7 Å².